The van der Waals surface area contributed by atoms with E-state index in [0.29, 0.717) is 17.6 Å². The summed E-state index contributed by atoms with van der Waals surface area (Å²) < 4.78 is 0. The predicted molar refractivity (Wildman–Crippen MR) is 105 cm³/mol. The molecule has 136 valence electrons. The first kappa shape index (κ1) is 18.4. The zero-order valence-electron chi connectivity index (χ0n) is 16.1. The van der Waals surface area contributed by atoms with E-state index in [2.05, 4.69) is 56.0 Å². The number of hydrogen-bond acceptors (Lipinski definition) is 2. The number of hydrogen-bond donors (Lipinski definition) is 0. The van der Waals surface area contributed by atoms with Gasteiger partial charge in [0.2, 0.25) is 0 Å². The molecule has 0 amide bonds. The van der Waals surface area contributed by atoms with E-state index >= 15 is 0 Å². The van der Waals surface area contributed by atoms with Crippen molar-refractivity contribution < 1.29 is 4.79 Å². The molecule has 2 aliphatic rings. The number of rotatable bonds is 6. The summed E-state index contributed by atoms with van der Waals surface area (Å²) in [5.74, 6) is 1.66. The van der Waals surface area contributed by atoms with E-state index in [1.54, 1.807) is 0 Å². The molecule has 0 N–H and O–H groups in total. The Labute approximate surface area is 153 Å². The van der Waals surface area contributed by atoms with Crippen molar-refractivity contribution in [2.24, 2.45) is 11.8 Å². The van der Waals surface area contributed by atoms with Gasteiger partial charge in [-0.15, -0.1) is 0 Å². The maximum Gasteiger partial charge on any atom is 0.162 e. The minimum atomic E-state index is 0.241. The van der Waals surface area contributed by atoms with Gasteiger partial charge < -0.3 is 4.90 Å². The zero-order chi connectivity index (χ0) is 17.8. The first-order chi connectivity index (χ1) is 12.0. The fourth-order valence-electron chi connectivity index (χ4n) is 4.29. The Kier molecular flexibility index (Phi) is 6.11. The maximum absolute atomic E-state index is 12.7. The van der Waals surface area contributed by atoms with Crippen molar-refractivity contribution in [2.75, 3.05) is 19.6 Å². The fourth-order valence-corrected chi connectivity index (χ4v) is 4.29. The van der Waals surface area contributed by atoms with E-state index < -0.39 is 0 Å². The lowest BCUT2D eigenvalue weighted by atomic mass is 9.94. The fraction of sp³-hybridized carbons (Fsp3) is 0.609. The molecule has 2 nitrogen and oxygen atoms in total. The largest absolute Gasteiger partial charge is 0.303 e. The molecule has 25 heavy (non-hydrogen) atoms. The molecule has 2 fully saturated rings. The van der Waals surface area contributed by atoms with Gasteiger partial charge in [0.25, 0.3) is 0 Å². The van der Waals surface area contributed by atoms with Crippen LogP contribution in [0.5, 0.6) is 0 Å². The SMILES string of the molecule is CC(C)Cc1ccc(C(C)/C=C2\CCC(CN3CCCC3)C2=O)cc1. The molecule has 0 aromatic heterocycles. The molecule has 3 rings (SSSR count). The number of Topliss-reactive ketones (excluding diaryl/α,β-unsaturated/α-hetero) is 1. The average Bonchev–Trinajstić information content (AvgIpc) is 3.20. The third-order valence-electron chi connectivity index (χ3n) is 5.73. The Balaban J connectivity index is 1.60. The predicted octanol–water partition coefficient (Wildman–Crippen LogP) is 4.99. The molecule has 2 unspecified atom stereocenters. The van der Waals surface area contributed by atoms with Crippen molar-refractivity contribution >= 4 is 5.78 Å². The van der Waals surface area contributed by atoms with Gasteiger partial charge in [0, 0.05) is 12.5 Å². The summed E-state index contributed by atoms with van der Waals surface area (Å²) in [5, 5.41) is 0. The second-order valence-electron chi connectivity index (χ2n) is 8.43. The van der Waals surface area contributed by atoms with Gasteiger partial charge in [-0.25, -0.2) is 0 Å². The van der Waals surface area contributed by atoms with Crippen LogP contribution in [-0.2, 0) is 11.2 Å². The highest BCUT2D eigenvalue weighted by Crippen LogP contribution is 2.31. The minimum absolute atomic E-state index is 0.241. The van der Waals surface area contributed by atoms with Gasteiger partial charge in [-0.3, -0.25) is 4.79 Å². The van der Waals surface area contributed by atoms with Crippen LogP contribution < -0.4 is 0 Å². The van der Waals surface area contributed by atoms with E-state index in [-0.39, 0.29) is 5.92 Å². The second kappa shape index (κ2) is 8.31. The lowest BCUT2D eigenvalue weighted by Crippen LogP contribution is -2.28. The molecule has 1 aliphatic carbocycles. The Morgan fingerprint density at radius 3 is 2.44 bits per heavy atom. The van der Waals surface area contributed by atoms with Crippen LogP contribution in [0.2, 0.25) is 0 Å². The molecule has 0 radical (unpaired) electrons. The number of ketones is 1. The van der Waals surface area contributed by atoms with Crippen LogP contribution >= 0.6 is 0 Å². The molecular formula is C23H33NO. The van der Waals surface area contributed by atoms with E-state index in [0.717, 1.165) is 31.4 Å². The van der Waals surface area contributed by atoms with Gasteiger partial charge in [0.15, 0.2) is 5.78 Å². The van der Waals surface area contributed by atoms with Gasteiger partial charge in [-0.1, -0.05) is 51.1 Å². The third-order valence-corrected chi connectivity index (χ3v) is 5.73. The second-order valence-corrected chi connectivity index (χ2v) is 8.43. The number of carbonyl (C=O) groups excluding carboxylic acids is 1. The summed E-state index contributed by atoms with van der Waals surface area (Å²) in [7, 11) is 0. The van der Waals surface area contributed by atoms with Crippen molar-refractivity contribution in [1.29, 1.82) is 0 Å². The first-order valence-electron chi connectivity index (χ1n) is 10.1. The van der Waals surface area contributed by atoms with Crippen molar-refractivity contribution in [1.82, 2.24) is 4.90 Å². The van der Waals surface area contributed by atoms with E-state index in [1.165, 1.54) is 37.1 Å². The highest BCUT2D eigenvalue weighted by atomic mass is 16.1. The zero-order valence-corrected chi connectivity index (χ0v) is 16.1. The summed E-state index contributed by atoms with van der Waals surface area (Å²) in [6, 6.07) is 8.97. The molecule has 1 aliphatic heterocycles. The third kappa shape index (κ3) is 4.82. The first-order valence-corrected chi connectivity index (χ1v) is 10.1. The Morgan fingerprint density at radius 1 is 1.12 bits per heavy atom. The molecule has 2 heteroatoms. The lowest BCUT2D eigenvalue weighted by Gasteiger charge is -2.18. The maximum atomic E-state index is 12.7. The van der Waals surface area contributed by atoms with Crippen LogP contribution in [0.15, 0.2) is 35.9 Å². The van der Waals surface area contributed by atoms with Crippen molar-refractivity contribution in [3.63, 3.8) is 0 Å². The minimum Gasteiger partial charge on any atom is -0.303 e. The van der Waals surface area contributed by atoms with Crippen LogP contribution in [0.25, 0.3) is 0 Å². The van der Waals surface area contributed by atoms with Crippen molar-refractivity contribution in [3.05, 3.63) is 47.0 Å². The monoisotopic (exact) mass is 339 g/mol. The summed E-state index contributed by atoms with van der Waals surface area (Å²) in [5.41, 5.74) is 3.79. The average molecular weight is 340 g/mol. The molecule has 1 aromatic carbocycles. The molecule has 1 saturated heterocycles. The molecule has 0 bridgehead atoms. The van der Waals surface area contributed by atoms with Crippen molar-refractivity contribution in [2.45, 2.75) is 58.8 Å². The van der Waals surface area contributed by atoms with E-state index in [4.69, 9.17) is 0 Å². The van der Waals surface area contributed by atoms with Crippen LogP contribution in [0.4, 0.5) is 0 Å². The smallest absolute Gasteiger partial charge is 0.162 e. The summed E-state index contributed by atoms with van der Waals surface area (Å²) in [6.45, 7) is 10.1. The van der Waals surface area contributed by atoms with Gasteiger partial charge in [-0.2, -0.15) is 0 Å². The number of benzene rings is 1. The van der Waals surface area contributed by atoms with E-state index in [9.17, 15) is 4.79 Å². The molecule has 0 spiro atoms. The van der Waals surface area contributed by atoms with Crippen LogP contribution in [-0.4, -0.2) is 30.3 Å². The quantitative estimate of drug-likeness (QED) is 0.681. The van der Waals surface area contributed by atoms with Gasteiger partial charge >= 0.3 is 0 Å². The number of nitrogens with zero attached hydrogens (tertiary/aromatic N) is 1. The van der Waals surface area contributed by atoms with E-state index in [1.807, 2.05) is 0 Å². The lowest BCUT2D eigenvalue weighted by molar-refractivity contribution is -0.118. The molecular weight excluding hydrogens is 306 g/mol. The standard InChI is InChI=1S/C23H33NO/c1-17(2)14-19-6-8-20(9-7-19)18(3)15-21-10-11-22(23(21)25)16-24-12-4-5-13-24/h6-9,15,17-18,22H,4-5,10-14,16H2,1-3H3/b21-15+. The Morgan fingerprint density at radius 2 is 1.80 bits per heavy atom. The van der Waals surface area contributed by atoms with Crippen LogP contribution in [0.1, 0.15) is 63.5 Å². The summed E-state index contributed by atoms with van der Waals surface area (Å²) >= 11 is 0. The molecule has 1 aromatic rings. The molecule has 1 saturated carbocycles. The van der Waals surface area contributed by atoms with Gasteiger partial charge in [0.1, 0.15) is 0 Å². The van der Waals surface area contributed by atoms with Crippen molar-refractivity contribution in [3.8, 4) is 0 Å². The van der Waals surface area contributed by atoms with Crippen LogP contribution in [0.3, 0.4) is 0 Å². The highest BCUT2D eigenvalue weighted by Gasteiger charge is 2.31. The van der Waals surface area contributed by atoms with Crippen LogP contribution in [0, 0.1) is 11.8 Å². The number of carbonyl (C=O) groups is 1. The molecule has 2 atom stereocenters. The highest BCUT2D eigenvalue weighted by molar-refractivity contribution is 5.99. The normalized spacial score (nSPS) is 24.6. The summed E-state index contributed by atoms with van der Waals surface area (Å²) in [6.07, 6.45) is 7.96. The number of allylic oxidation sites excluding steroid dienone is 2. The number of likely N-dealkylation sites (tertiary alicyclic amines) is 1. The Bertz CT molecular complexity index is 607. The van der Waals surface area contributed by atoms with Gasteiger partial charge in [0.05, 0.1) is 0 Å². The summed E-state index contributed by atoms with van der Waals surface area (Å²) in [4.78, 5) is 15.2. The molecule has 1 heterocycles. The Hall–Kier alpha value is -1.41. The van der Waals surface area contributed by atoms with Gasteiger partial charge in [-0.05, 0) is 73.7 Å². The topological polar surface area (TPSA) is 20.3 Å².